The molecule has 0 amide bonds. The first-order chi connectivity index (χ1) is 7.45. The van der Waals surface area contributed by atoms with Crippen LogP contribution in [-0.2, 0) is 0 Å². The second-order valence-electron chi connectivity index (χ2n) is 3.01. The molecular weight excluding hydrogens is 200 g/mol. The fraction of sp³-hybridized carbons (Fsp3) is 0.286. The van der Waals surface area contributed by atoms with E-state index in [1.165, 1.54) is 22.6 Å². The molecule has 0 fully saturated rings. The minimum atomic E-state index is 1.19. The van der Waals surface area contributed by atoms with Crippen LogP contribution in [0.15, 0.2) is 58.4 Å². The second-order valence-corrected chi connectivity index (χ2v) is 4.21. The fourth-order valence-electron chi connectivity index (χ4n) is 1.31. The Kier molecular flexibility index (Phi) is 5.94. The summed E-state index contributed by atoms with van der Waals surface area (Å²) < 4.78 is 0. The SMILES string of the molecule is C1=CCCC(Sc2ccccc2)=C1.CC. The smallest absolute Gasteiger partial charge is 0.0119 e. The summed E-state index contributed by atoms with van der Waals surface area (Å²) in [5.74, 6) is 0. The zero-order valence-electron chi connectivity index (χ0n) is 9.44. The predicted molar refractivity (Wildman–Crippen MR) is 70.1 cm³/mol. The van der Waals surface area contributed by atoms with Crippen LogP contribution in [0, 0.1) is 0 Å². The van der Waals surface area contributed by atoms with Crippen molar-refractivity contribution >= 4 is 11.8 Å². The maximum atomic E-state index is 2.22. The van der Waals surface area contributed by atoms with Gasteiger partial charge < -0.3 is 0 Å². The molecule has 0 radical (unpaired) electrons. The predicted octanol–water partition coefficient (Wildman–Crippen LogP) is 5.04. The van der Waals surface area contributed by atoms with E-state index in [1.54, 1.807) is 0 Å². The Morgan fingerprint density at radius 3 is 2.40 bits per heavy atom. The van der Waals surface area contributed by atoms with Crippen molar-refractivity contribution in [2.24, 2.45) is 0 Å². The molecule has 0 nitrogen and oxygen atoms in total. The highest BCUT2D eigenvalue weighted by atomic mass is 32.2. The van der Waals surface area contributed by atoms with Crippen LogP contribution in [0.3, 0.4) is 0 Å². The Hall–Kier alpha value is -0.950. The zero-order valence-corrected chi connectivity index (χ0v) is 10.3. The highest BCUT2D eigenvalue weighted by molar-refractivity contribution is 8.03. The minimum absolute atomic E-state index is 1.19. The summed E-state index contributed by atoms with van der Waals surface area (Å²) in [4.78, 5) is 2.80. The Balaban J connectivity index is 0.000000531. The quantitative estimate of drug-likeness (QED) is 0.670. The molecule has 0 N–H and O–H groups in total. The van der Waals surface area contributed by atoms with Gasteiger partial charge in [-0.25, -0.2) is 0 Å². The molecule has 1 aliphatic rings. The fourth-order valence-corrected chi connectivity index (χ4v) is 2.27. The highest BCUT2D eigenvalue weighted by Gasteiger charge is 2.00. The Bertz CT molecular complexity index is 322. The molecule has 1 heteroatoms. The topological polar surface area (TPSA) is 0 Å². The van der Waals surface area contributed by atoms with Gasteiger partial charge in [-0.3, -0.25) is 0 Å². The van der Waals surface area contributed by atoms with Gasteiger partial charge in [0.1, 0.15) is 0 Å². The number of hydrogen-bond donors (Lipinski definition) is 0. The lowest BCUT2D eigenvalue weighted by molar-refractivity contribution is 1.02. The molecule has 0 saturated heterocycles. The standard InChI is InChI=1S/C12H12S.C2H6/c1-3-7-11(8-4-1)13-12-9-5-2-6-10-12;1-2/h1-5,7-9H,6,10H2;1-2H3. The van der Waals surface area contributed by atoms with E-state index < -0.39 is 0 Å². The van der Waals surface area contributed by atoms with E-state index in [1.807, 2.05) is 25.6 Å². The second kappa shape index (κ2) is 7.36. The zero-order chi connectivity index (χ0) is 10.9. The molecular formula is C14H18S. The van der Waals surface area contributed by atoms with Gasteiger partial charge in [0.2, 0.25) is 0 Å². The van der Waals surface area contributed by atoms with Crippen LogP contribution in [0.2, 0.25) is 0 Å². The molecule has 0 bridgehead atoms. The Morgan fingerprint density at radius 2 is 1.80 bits per heavy atom. The third kappa shape index (κ3) is 4.39. The molecule has 1 aromatic carbocycles. The number of rotatable bonds is 2. The van der Waals surface area contributed by atoms with Crippen LogP contribution < -0.4 is 0 Å². The number of allylic oxidation sites excluding steroid dienone is 4. The van der Waals surface area contributed by atoms with Gasteiger partial charge in [0.25, 0.3) is 0 Å². The molecule has 0 aromatic heterocycles. The molecule has 0 unspecified atom stereocenters. The van der Waals surface area contributed by atoms with Gasteiger partial charge in [0.05, 0.1) is 0 Å². The van der Waals surface area contributed by atoms with E-state index in [0.29, 0.717) is 0 Å². The lowest BCUT2D eigenvalue weighted by atomic mass is 10.2. The molecule has 0 heterocycles. The highest BCUT2D eigenvalue weighted by Crippen LogP contribution is 2.31. The van der Waals surface area contributed by atoms with Gasteiger partial charge in [-0.2, -0.15) is 0 Å². The van der Waals surface area contributed by atoms with E-state index in [0.717, 1.165) is 0 Å². The number of benzene rings is 1. The van der Waals surface area contributed by atoms with E-state index >= 15 is 0 Å². The average molecular weight is 218 g/mol. The summed E-state index contributed by atoms with van der Waals surface area (Å²) in [6.45, 7) is 4.00. The van der Waals surface area contributed by atoms with Crippen molar-refractivity contribution in [1.29, 1.82) is 0 Å². The number of hydrogen-bond acceptors (Lipinski definition) is 1. The van der Waals surface area contributed by atoms with Gasteiger partial charge in [-0.05, 0) is 29.9 Å². The van der Waals surface area contributed by atoms with E-state index in [2.05, 4.69) is 48.6 Å². The maximum absolute atomic E-state index is 2.22. The molecule has 0 atom stereocenters. The van der Waals surface area contributed by atoms with Crippen molar-refractivity contribution in [3.63, 3.8) is 0 Å². The summed E-state index contributed by atoms with van der Waals surface area (Å²) in [5, 5.41) is 0. The minimum Gasteiger partial charge on any atom is -0.0945 e. The number of thioether (sulfide) groups is 1. The van der Waals surface area contributed by atoms with Crippen molar-refractivity contribution in [2.75, 3.05) is 0 Å². The average Bonchev–Trinajstić information content (AvgIpc) is 2.34. The maximum Gasteiger partial charge on any atom is 0.0119 e. The van der Waals surface area contributed by atoms with Crippen molar-refractivity contribution in [2.45, 2.75) is 31.6 Å². The first-order valence-electron chi connectivity index (χ1n) is 5.54. The van der Waals surface area contributed by atoms with E-state index in [9.17, 15) is 0 Å². The summed E-state index contributed by atoms with van der Waals surface area (Å²) in [5.41, 5.74) is 0. The molecule has 2 rings (SSSR count). The van der Waals surface area contributed by atoms with Crippen LogP contribution in [0.4, 0.5) is 0 Å². The molecule has 0 saturated carbocycles. The third-order valence-electron chi connectivity index (χ3n) is 1.97. The van der Waals surface area contributed by atoms with E-state index in [-0.39, 0.29) is 0 Å². The van der Waals surface area contributed by atoms with Crippen LogP contribution in [0.25, 0.3) is 0 Å². The van der Waals surface area contributed by atoms with Crippen LogP contribution in [-0.4, -0.2) is 0 Å². The lowest BCUT2D eigenvalue weighted by Crippen LogP contribution is -1.81. The monoisotopic (exact) mass is 218 g/mol. The normalized spacial score (nSPS) is 13.9. The van der Waals surface area contributed by atoms with Crippen molar-refractivity contribution < 1.29 is 0 Å². The van der Waals surface area contributed by atoms with Crippen molar-refractivity contribution in [1.82, 2.24) is 0 Å². The molecule has 0 aliphatic heterocycles. The van der Waals surface area contributed by atoms with Crippen molar-refractivity contribution in [3.8, 4) is 0 Å². The van der Waals surface area contributed by atoms with Crippen LogP contribution >= 0.6 is 11.8 Å². The Labute approximate surface area is 97.1 Å². The largest absolute Gasteiger partial charge is 0.0945 e. The third-order valence-corrected chi connectivity index (χ3v) is 3.08. The Morgan fingerprint density at radius 1 is 1.07 bits per heavy atom. The summed E-state index contributed by atoms with van der Waals surface area (Å²) in [6.07, 6.45) is 8.95. The molecule has 1 aliphatic carbocycles. The van der Waals surface area contributed by atoms with Gasteiger partial charge in [0, 0.05) is 4.90 Å². The lowest BCUT2D eigenvalue weighted by Gasteiger charge is -2.07. The van der Waals surface area contributed by atoms with Gasteiger partial charge >= 0.3 is 0 Å². The van der Waals surface area contributed by atoms with Gasteiger partial charge in [0.15, 0.2) is 0 Å². The molecule has 80 valence electrons. The van der Waals surface area contributed by atoms with Crippen LogP contribution in [0.1, 0.15) is 26.7 Å². The summed E-state index contributed by atoms with van der Waals surface area (Å²) in [7, 11) is 0. The summed E-state index contributed by atoms with van der Waals surface area (Å²) >= 11 is 1.87. The first kappa shape index (κ1) is 12.1. The summed E-state index contributed by atoms with van der Waals surface area (Å²) in [6, 6.07) is 10.5. The van der Waals surface area contributed by atoms with Gasteiger partial charge in [-0.15, -0.1) is 0 Å². The van der Waals surface area contributed by atoms with E-state index in [4.69, 9.17) is 0 Å². The molecule has 15 heavy (non-hydrogen) atoms. The molecule has 0 spiro atoms. The van der Waals surface area contributed by atoms with Crippen LogP contribution in [0.5, 0.6) is 0 Å². The van der Waals surface area contributed by atoms with Crippen molar-refractivity contribution in [3.05, 3.63) is 53.5 Å². The van der Waals surface area contributed by atoms with Gasteiger partial charge in [-0.1, -0.05) is 62.0 Å². The molecule has 1 aromatic rings. The first-order valence-corrected chi connectivity index (χ1v) is 6.35.